The zero-order valence-electron chi connectivity index (χ0n) is 10.2. The second kappa shape index (κ2) is 4.61. The van der Waals surface area contributed by atoms with E-state index >= 15 is 0 Å². The van der Waals surface area contributed by atoms with Crippen molar-refractivity contribution in [1.82, 2.24) is 4.90 Å². The predicted molar refractivity (Wildman–Crippen MR) is 68.1 cm³/mol. The van der Waals surface area contributed by atoms with Gasteiger partial charge in [-0.3, -0.25) is 9.59 Å². The molecule has 1 aliphatic heterocycles. The van der Waals surface area contributed by atoms with Gasteiger partial charge in [0.2, 0.25) is 5.91 Å². The summed E-state index contributed by atoms with van der Waals surface area (Å²) in [5.74, 6) is 0.258. The number of hydrogen-bond acceptors (Lipinski definition) is 3. The lowest BCUT2D eigenvalue weighted by atomic mass is 10.0. The van der Waals surface area contributed by atoms with Gasteiger partial charge in [-0.15, -0.1) is 11.3 Å². The number of amides is 1. The maximum Gasteiger partial charge on any atom is 0.223 e. The Labute approximate surface area is 105 Å². The normalized spacial score (nSPS) is 18.7. The van der Waals surface area contributed by atoms with E-state index in [0.717, 1.165) is 6.42 Å². The highest BCUT2D eigenvalue weighted by Gasteiger charge is 2.39. The molecular weight excluding hydrogens is 234 g/mol. The smallest absolute Gasteiger partial charge is 0.223 e. The summed E-state index contributed by atoms with van der Waals surface area (Å²) in [4.78, 5) is 26.4. The van der Waals surface area contributed by atoms with Crippen LogP contribution >= 0.6 is 11.3 Å². The number of likely N-dealkylation sites (tertiary alicyclic amines) is 1. The van der Waals surface area contributed by atoms with Crippen LogP contribution in [0.5, 0.6) is 0 Å². The Bertz CT molecular complexity index is 423. The molecule has 0 unspecified atom stereocenters. The molecule has 1 amide bonds. The maximum absolute atomic E-state index is 12.1. The van der Waals surface area contributed by atoms with Crippen molar-refractivity contribution >= 4 is 23.0 Å². The van der Waals surface area contributed by atoms with Crippen LogP contribution in [0, 0.1) is 0 Å². The Morgan fingerprint density at radius 3 is 2.82 bits per heavy atom. The van der Waals surface area contributed by atoms with Crippen LogP contribution in [-0.2, 0) is 16.0 Å². The van der Waals surface area contributed by atoms with Crippen LogP contribution < -0.4 is 0 Å². The average Bonchev–Trinajstić information content (AvgIpc) is 2.82. The highest BCUT2D eigenvalue weighted by Crippen LogP contribution is 2.27. The lowest BCUT2D eigenvalue weighted by Crippen LogP contribution is -2.42. The van der Waals surface area contributed by atoms with Gasteiger partial charge in [-0.05, 0) is 31.7 Å². The third-order valence-electron chi connectivity index (χ3n) is 3.16. The molecule has 0 spiro atoms. The number of ketones is 1. The third kappa shape index (κ3) is 2.75. The first-order valence-corrected chi connectivity index (χ1v) is 6.71. The molecule has 3 nitrogen and oxygen atoms in total. The Hall–Kier alpha value is -1.16. The number of nitrogens with zero attached hydrogens (tertiary/aromatic N) is 1. The molecule has 1 fully saturated rings. The fraction of sp³-hybridized carbons (Fsp3) is 0.538. The standard InChI is InChI=1S/C13H17NO2S/c1-13(2)8-10(15)9-14(13)12(16)6-5-11-4-3-7-17-11/h3-4,7H,5-6,8-9H2,1-2H3. The molecular formula is C13H17NO2S. The van der Waals surface area contributed by atoms with Gasteiger partial charge in [0.1, 0.15) is 0 Å². The maximum atomic E-state index is 12.1. The van der Waals surface area contributed by atoms with Crippen LogP contribution in [0.3, 0.4) is 0 Å². The summed E-state index contributed by atoms with van der Waals surface area (Å²) >= 11 is 1.67. The number of rotatable bonds is 3. The van der Waals surface area contributed by atoms with Gasteiger partial charge in [0, 0.05) is 23.3 Å². The van der Waals surface area contributed by atoms with Gasteiger partial charge in [0.05, 0.1) is 6.54 Å². The molecule has 0 aromatic carbocycles. The van der Waals surface area contributed by atoms with E-state index in [0.29, 0.717) is 12.8 Å². The fourth-order valence-electron chi connectivity index (χ4n) is 2.27. The van der Waals surface area contributed by atoms with Crippen molar-refractivity contribution in [1.29, 1.82) is 0 Å². The molecule has 0 radical (unpaired) electrons. The van der Waals surface area contributed by atoms with Crippen molar-refractivity contribution in [3.05, 3.63) is 22.4 Å². The monoisotopic (exact) mass is 251 g/mol. The number of aryl methyl sites for hydroxylation is 1. The van der Waals surface area contributed by atoms with Crippen molar-refractivity contribution in [3.63, 3.8) is 0 Å². The summed E-state index contributed by atoms with van der Waals surface area (Å²) in [7, 11) is 0. The van der Waals surface area contributed by atoms with Crippen LogP contribution in [-0.4, -0.2) is 28.7 Å². The van der Waals surface area contributed by atoms with E-state index < -0.39 is 0 Å². The zero-order valence-corrected chi connectivity index (χ0v) is 11.0. The lowest BCUT2D eigenvalue weighted by molar-refractivity contribution is -0.135. The molecule has 2 heterocycles. The summed E-state index contributed by atoms with van der Waals surface area (Å²) in [6.45, 7) is 4.21. The van der Waals surface area contributed by atoms with E-state index in [9.17, 15) is 9.59 Å². The number of hydrogen-bond donors (Lipinski definition) is 0. The molecule has 2 rings (SSSR count). The molecule has 0 aliphatic carbocycles. The summed E-state index contributed by atoms with van der Waals surface area (Å²) in [5, 5.41) is 2.02. The van der Waals surface area contributed by atoms with Gasteiger partial charge < -0.3 is 4.90 Å². The largest absolute Gasteiger partial charge is 0.330 e. The average molecular weight is 251 g/mol. The van der Waals surface area contributed by atoms with Gasteiger partial charge in [0.25, 0.3) is 0 Å². The van der Waals surface area contributed by atoms with Gasteiger partial charge in [-0.1, -0.05) is 6.07 Å². The molecule has 1 saturated heterocycles. The molecule has 1 aliphatic rings. The first kappa shape index (κ1) is 12.3. The molecule has 4 heteroatoms. The molecule has 0 bridgehead atoms. The van der Waals surface area contributed by atoms with E-state index in [-0.39, 0.29) is 23.8 Å². The number of Topliss-reactive ketones (excluding diaryl/α,β-unsaturated/α-hetero) is 1. The molecule has 92 valence electrons. The minimum Gasteiger partial charge on any atom is -0.330 e. The van der Waals surface area contributed by atoms with Gasteiger partial charge in [-0.2, -0.15) is 0 Å². The van der Waals surface area contributed by atoms with E-state index in [4.69, 9.17) is 0 Å². The molecule has 0 atom stereocenters. The summed E-state index contributed by atoms with van der Waals surface area (Å²) in [6.07, 6.45) is 1.76. The van der Waals surface area contributed by atoms with Crippen LogP contribution in [0.2, 0.25) is 0 Å². The minimum atomic E-state index is -0.302. The first-order chi connectivity index (χ1) is 7.99. The summed E-state index contributed by atoms with van der Waals surface area (Å²) < 4.78 is 0. The Balaban J connectivity index is 1.94. The third-order valence-corrected chi connectivity index (χ3v) is 4.10. The quantitative estimate of drug-likeness (QED) is 0.826. The molecule has 0 saturated carbocycles. The van der Waals surface area contributed by atoms with Gasteiger partial charge in [-0.25, -0.2) is 0 Å². The topological polar surface area (TPSA) is 37.4 Å². The number of carbonyl (C=O) groups is 2. The SMILES string of the molecule is CC1(C)CC(=O)CN1C(=O)CCc1cccs1. The van der Waals surface area contributed by atoms with Crippen LogP contribution in [0.4, 0.5) is 0 Å². The summed E-state index contributed by atoms with van der Waals surface area (Å²) in [6, 6.07) is 4.03. The van der Waals surface area contributed by atoms with E-state index in [1.807, 2.05) is 31.4 Å². The Morgan fingerprint density at radius 2 is 2.29 bits per heavy atom. The van der Waals surface area contributed by atoms with Crippen LogP contribution in [0.15, 0.2) is 17.5 Å². The second-order valence-electron chi connectivity index (χ2n) is 5.09. The van der Waals surface area contributed by atoms with E-state index in [1.54, 1.807) is 16.2 Å². The van der Waals surface area contributed by atoms with Crippen molar-refractivity contribution < 1.29 is 9.59 Å². The zero-order chi connectivity index (χ0) is 12.5. The van der Waals surface area contributed by atoms with E-state index in [1.165, 1.54) is 4.88 Å². The molecule has 17 heavy (non-hydrogen) atoms. The molecule has 0 N–H and O–H groups in total. The Kier molecular flexibility index (Phi) is 3.33. The minimum absolute atomic E-state index is 0.0919. The van der Waals surface area contributed by atoms with Gasteiger partial charge in [0.15, 0.2) is 5.78 Å². The number of thiophene rings is 1. The highest BCUT2D eigenvalue weighted by atomic mass is 32.1. The molecule has 1 aromatic heterocycles. The van der Waals surface area contributed by atoms with E-state index in [2.05, 4.69) is 0 Å². The highest BCUT2D eigenvalue weighted by molar-refractivity contribution is 7.09. The van der Waals surface area contributed by atoms with Crippen molar-refractivity contribution in [3.8, 4) is 0 Å². The van der Waals surface area contributed by atoms with Crippen LogP contribution in [0.1, 0.15) is 31.6 Å². The second-order valence-corrected chi connectivity index (χ2v) is 6.12. The Morgan fingerprint density at radius 1 is 1.53 bits per heavy atom. The number of carbonyl (C=O) groups excluding carboxylic acids is 2. The molecule has 1 aromatic rings. The van der Waals surface area contributed by atoms with Crippen molar-refractivity contribution in [2.75, 3.05) is 6.54 Å². The van der Waals surface area contributed by atoms with Crippen molar-refractivity contribution in [2.24, 2.45) is 0 Å². The predicted octanol–water partition coefficient (Wildman–Crippen LogP) is 2.26. The first-order valence-electron chi connectivity index (χ1n) is 5.83. The van der Waals surface area contributed by atoms with Gasteiger partial charge >= 0.3 is 0 Å². The van der Waals surface area contributed by atoms with Crippen molar-refractivity contribution in [2.45, 2.75) is 38.6 Å². The lowest BCUT2D eigenvalue weighted by Gasteiger charge is -2.30. The van der Waals surface area contributed by atoms with Crippen LogP contribution in [0.25, 0.3) is 0 Å². The summed E-state index contributed by atoms with van der Waals surface area (Å²) in [5.41, 5.74) is -0.302. The fourth-order valence-corrected chi connectivity index (χ4v) is 2.98.